The second kappa shape index (κ2) is 15.1. The number of aliphatic hydroxyl groups excluding tert-OH is 1. The highest BCUT2D eigenvalue weighted by Gasteiger charge is 2.48. The van der Waals surface area contributed by atoms with Gasteiger partial charge in [-0.05, 0) is 48.0 Å². The number of para-hydroxylation sites is 2. The number of carbonyl (C=O) groups is 2. The Kier molecular flexibility index (Phi) is 10.6. The molecule has 262 valence electrons. The molecule has 2 amide bonds. The van der Waals surface area contributed by atoms with Crippen molar-refractivity contribution in [3.63, 3.8) is 0 Å². The molecule has 0 fully saturated rings. The Bertz CT molecular complexity index is 1800. The molecule has 0 bridgehead atoms. The van der Waals surface area contributed by atoms with E-state index in [-0.39, 0.29) is 61.7 Å². The van der Waals surface area contributed by atoms with Gasteiger partial charge in [0, 0.05) is 49.3 Å². The van der Waals surface area contributed by atoms with Crippen molar-refractivity contribution in [2.75, 3.05) is 38.9 Å². The second-order valence-corrected chi connectivity index (χ2v) is 18.4. The summed E-state index contributed by atoms with van der Waals surface area (Å²) in [5.41, 5.74) is 3.10. The third-order valence-corrected chi connectivity index (χ3v) is 14.5. The zero-order valence-corrected chi connectivity index (χ0v) is 30.4. The van der Waals surface area contributed by atoms with E-state index >= 15 is 0 Å². The first-order chi connectivity index (χ1) is 24.2. The number of fused-ring (bicyclic) bond motifs is 2. The van der Waals surface area contributed by atoms with Gasteiger partial charge in [0.2, 0.25) is 5.91 Å². The third-order valence-electron chi connectivity index (χ3n) is 10.3. The van der Waals surface area contributed by atoms with Crippen LogP contribution in [0.1, 0.15) is 30.6 Å². The van der Waals surface area contributed by atoms with Crippen molar-refractivity contribution in [2.45, 2.75) is 50.7 Å². The predicted octanol–water partition coefficient (Wildman–Crippen LogP) is 6.23. The highest BCUT2D eigenvalue weighted by molar-refractivity contribution is 6.91. The normalized spacial score (nSPS) is 19.0. The van der Waals surface area contributed by atoms with Crippen molar-refractivity contribution in [2.24, 2.45) is 5.92 Å². The van der Waals surface area contributed by atoms with Gasteiger partial charge < -0.3 is 29.0 Å². The number of ether oxygens (including phenoxy) is 4. The molecule has 9 nitrogen and oxygen atoms in total. The maximum absolute atomic E-state index is 14.3. The van der Waals surface area contributed by atoms with E-state index in [9.17, 15) is 14.7 Å². The Morgan fingerprint density at radius 1 is 0.980 bits per heavy atom. The van der Waals surface area contributed by atoms with Crippen LogP contribution in [0.25, 0.3) is 0 Å². The largest absolute Gasteiger partial charge is 0.497 e. The van der Waals surface area contributed by atoms with E-state index in [0.717, 1.165) is 16.9 Å². The van der Waals surface area contributed by atoms with Crippen molar-refractivity contribution in [3.05, 3.63) is 108 Å². The van der Waals surface area contributed by atoms with Crippen LogP contribution in [0.3, 0.4) is 0 Å². The topological polar surface area (TPSA) is 97.8 Å². The Morgan fingerprint density at radius 2 is 1.70 bits per heavy atom. The summed E-state index contributed by atoms with van der Waals surface area (Å²) in [4.78, 5) is 30.9. The van der Waals surface area contributed by atoms with Gasteiger partial charge in [0.05, 0.1) is 33.6 Å². The molecule has 0 spiro atoms. The van der Waals surface area contributed by atoms with Crippen molar-refractivity contribution in [3.8, 4) is 17.2 Å². The smallest absolute Gasteiger partial charge is 0.269 e. The monoisotopic (exact) mass is 694 g/mol. The minimum atomic E-state index is -2.46. The van der Waals surface area contributed by atoms with Crippen LogP contribution in [0.15, 0.2) is 97.1 Å². The van der Waals surface area contributed by atoms with Gasteiger partial charge in [0.1, 0.15) is 23.4 Å². The average molecular weight is 695 g/mol. The van der Waals surface area contributed by atoms with Gasteiger partial charge in [-0.3, -0.25) is 14.5 Å². The molecule has 2 aliphatic heterocycles. The Morgan fingerprint density at radius 3 is 2.40 bits per heavy atom. The second-order valence-electron chi connectivity index (χ2n) is 13.6. The van der Waals surface area contributed by atoms with Crippen LogP contribution in [0, 0.1) is 5.92 Å². The molecular formula is C40H46N2O7Si. The van der Waals surface area contributed by atoms with E-state index in [4.69, 9.17) is 18.9 Å². The fraction of sp³-hybridized carbons (Fsp3) is 0.350. The molecule has 4 atom stereocenters. The highest BCUT2D eigenvalue weighted by Crippen LogP contribution is 2.49. The maximum atomic E-state index is 14.3. The fourth-order valence-corrected chi connectivity index (χ4v) is 10.8. The molecule has 2 aliphatic rings. The van der Waals surface area contributed by atoms with Crippen LogP contribution < -0.4 is 24.3 Å². The molecule has 0 saturated heterocycles. The zero-order valence-electron chi connectivity index (χ0n) is 29.4. The minimum absolute atomic E-state index is 0.0302. The first kappa shape index (κ1) is 35.2. The molecule has 4 aromatic rings. The number of hydrogen-bond acceptors (Lipinski definition) is 7. The highest BCUT2D eigenvalue weighted by atomic mass is 28.3. The fourth-order valence-electron chi connectivity index (χ4n) is 7.44. The molecule has 4 aromatic carbocycles. The molecule has 1 unspecified atom stereocenters. The van der Waals surface area contributed by atoms with E-state index in [1.54, 1.807) is 24.0 Å². The van der Waals surface area contributed by atoms with Crippen LogP contribution in [0.4, 0.5) is 11.4 Å². The minimum Gasteiger partial charge on any atom is -0.497 e. The van der Waals surface area contributed by atoms with E-state index in [0.29, 0.717) is 29.4 Å². The number of benzene rings is 4. The molecule has 6 rings (SSSR count). The summed E-state index contributed by atoms with van der Waals surface area (Å²) in [5.74, 6) is 1.77. The number of amides is 2. The van der Waals surface area contributed by atoms with Crippen LogP contribution in [0.2, 0.25) is 18.6 Å². The SMILES string of the molecule is COc1ccc([Si](C)(C)C(CC(=O)N(CCO)Cc2ccccc2)[C@@H]2Oc3ccc(N4C(=O)COc5ccccc54)cc3[C@H](OC)[C@H]2C)cc1. The lowest BCUT2D eigenvalue weighted by Crippen LogP contribution is -2.55. The molecule has 2 heterocycles. The molecule has 0 aliphatic carbocycles. The predicted molar refractivity (Wildman–Crippen MR) is 196 cm³/mol. The summed E-state index contributed by atoms with van der Waals surface area (Å²) in [5, 5.41) is 11.2. The van der Waals surface area contributed by atoms with Crippen LogP contribution in [-0.2, 0) is 20.9 Å². The van der Waals surface area contributed by atoms with Gasteiger partial charge in [0.25, 0.3) is 5.91 Å². The average Bonchev–Trinajstić information content (AvgIpc) is 3.13. The molecule has 1 N–H and O–H groups in total. The molecule has 0 radical (unpaired) electrons. The van der Waals surface area contributed by atoms with Gasteiger partial charge in [-0.2, -0.15) is 0 Å². The van der Waals surface area contributed by atoms with Crippen LogP contribution >= 0.6 is 0 Å². The Hall–Kier alpha value is -4.64. The summed E-state index contributed by atoms with van der Waals surface area (Å²) >= 11 is 0. The number of carbonyl (C=O) groups excluding carboxylic acids is 2. The molecule has 50 heavy (non-hydrogen) atoms. The number of hydrogen-bond donors (Lipinski definition) is 1. The summed E-state index contributed by atoms with van der Waals surface area (Å²) in [6.45, 7) is 7.17. The Balaban J connectivity index is 1.37. The number of rotatable bonds is 12. The maximum Gasteiger partial charge on any atom is 0.269 e. The van der Waals surface area contributed by atoms with Gasteiger partial charge in [-0.1, -0.05) is 79.8 Å². The summed E-state index contributed by atoms with van der Waals surface area (Å²) in [6.07, 6.45) is -0.466. The lowest BCUT2D eigenvalue weighted by Gasteiger charge is -2.46. The quantitative estimate of drug-likeness (QED) is 0.176. The summed E-state index contributed by atoms with van der Waals surface area (Å²) < 4.78 is 24.4. The van der Waals surface area contributed by atoms with Crippen molar-refractivity contribution in [1.82, 2.24) is 4.90 Å². The van der Waals surface area contributed by atoms with Crippen molar-refractivity contribution < 1.29 is 33.6 Å². The van der Waals surface area contributed by atoms with Crippen LogP contribution in [0.5, 0.6) is 17.2 Å². The van der Waals surface area contributed by atoms with Gasteiger partial charge in [0.15, 0.2) is 6.61 Å². The van der Waals surface area contributed by atoms with Gasteiger partial charge in [-0.15, -0.1) is 0 Å². The van der Waals surface area contributed by atoms with E-state index in [1.165, 1.54) is 5.19 Å². The third kappa shape index (κ3) is 7.01. The van der Waals surface area contributed by atoms with E-state index < -0.39 is 8.07 Å². The molecular weight excluding hydrogens is 649 g/mol. The standard InChI is InChI=1S/C40H46N2O7Si/c1-27-39(47-3)32-23-29(42-33-13-9-10-14-35(33)48-26-38(42)45)15-20-34(32)49-40(27)36(50(4,5)31-18-16-30(46-2)17-19-31)24-37(44)41(21-22-43)25-28-11-7-6-8-12-28/h6-20,23,27,36,39-40,43H,21-22,24-26H2,1-5H3/t27-,36?,39-,40-/m1/s1. The molecule has 0 aromatic heterocycles. The number of aliphatic hydroxyl groups is 1. The van der Waals surface area contributed by atoms with Crippen LogP contribution in [-0.4, -0.2) is 70.0 Å². The first-order valence-electron chi connectivity index (χ1n) is 17.1. The summed E-state index contributed by atoms with van der Waals surface area (Å²) in [7, 11) is 0.892. The lowest BCUT2D eigenvalue weighted by atomic mass is 9.86. The first-order valence-corrected chi connectivity index (χ1v) is 20.2. The number of nitrogens with zero attached hydrogens (tertiary/aromatic N) is 2. The zero-order chi connectivity index (χ0) is 35.4. The molecule has 10 heteroatoms. The van der Waals surface area contributed by atoms with E-state index in [1.807, 2.05) is 84.9 Å². The van der Waals surface area contributed by atoms with Gasteiger partial charge in [-0.25, -0.2) is 0 Å². The lowest BCUT2D eigenvalue weighted by molar-refractivity contribution is -0.133. The molecule has 0 saturated carbocycles. The number of anilines is 2. The van der Waals surface area contributed by atoms with Crippen molar-refractivity contribution >= 4 is 36.4 Å². The van der Waals surface area contributed by atoms with Gasteiger partial charge >= 0.3 is 0 Å². The Labute approximate surface area is 295 Å². The van der Waals surface area contributed by atoms with Crippen molar-refractivity contribution in [1.29, 1.82) is 0 Å². The number of methoxy groups -OCH3 is 2. The van der Waals surface area contributed by atoms with E-state index in [2.05, 4.69) is 32.2 Å². The summed E-state index contributed by atoms with van der Waals surface area (Å²) in [6, 6.07) is 31.3.